The Morgan fingerprint density at radius 3 is 2.29 bits per heavy atom. The predicted molar refractivity (Wildman–Crippen MR) is 138 cm³/mol. The van der Waals surface area contributed by atoms with E-state index in [1.807, 2.05) is 89.5 Å². The Kier molecular flexibility index (Phi) is 6.57. The lowest BCUT2D eigenvalue weighted by Gasteiger charge is -2.36. The third-order valence-corrected chi connectivity index (χ3v) is 6.67. The zero-order valence-electron chi connectivity index (χ0n) is 19.9. The second-order valence-corrected chi connectivity index (χ2v) is 8.84. The molecular weight excluding hydrogens is 438 g/mol. The maximum Gasteiger partial charge on any atom is 0.295 e. The van der Waals surface area contributed by atoms with E-state index in [2.05, 4.69) is 4.98 Å². The molecule has 2 aromatic heterocycles. The van der Waals surface area contributed by atoms with Gasteiger partial charge in [0.25, 0.3) is 5.56 Å². The number of carbonyl (C=O) groups is 1. The molecule has 0 unspecified atom stereocenters. The molecule has 2 aromatic carbocycles. The lowest BCUT2D eigenvalue weighted by Crippen LogP contribution is -2.51. The average Bonchev–Trinajstić information content (AvgIpc) is 2.92. The van der Waals surface area contributed by atoms with Gasteiger partial charge < -0.3 is 9.80 Å². The highest BCUT2D eigenvalue weighted by Crippen LogP contribution is 2.23. The van der Waals surface area contributed by atoms with E-state index in [1.54, 1.807) is 10.8 Å². The minimum absolute atomic E-state index is 0.143. The third kappa shape index (κ3) is 4.67. The van der Waals surface area contributed by atoms with Crippen LogP contribution < -0.4 is 10.5 Å². The molecule has 7 heteroatoms. The largest absolute Gasteiger partial charge is 0.348 e. The first-order valence-corrected chi connectivity index (χ1v) is 12.1. The summed E-state index contributed by atoms with van der Waals surface area (Å²) in [5.74, 6) is 0.426. The Hall–Kier alpha value is -4.00. The van der Waals surface area contributed by atoms with Gasteiger partial charge >= 0.3 is 0 Å². The van der Waals surface area contributed by atoms with Gasteiger partial charge in [-0.3, -0.25) is 14.2 Å². The molecule has 3 heterocycles. The Labute approximate surface area is 204 Å². The van der Waals surface area contributed by atoms with Crippen LogP contribution in [0.4, 0.5) is 5.82 Å². The van der Waals surface area contributed by atoms with Crippen molar-refractivity contribution in [2.75, 3.05) is 31.1 Å². The number of aromatic nitrogens is 3. The van der Waals surface area contributed by atoms with Crippen LogP contribution in [0.15, 0.2) is 83.8 Å². The van der Waals surface area contributed by atoms with Crippen LogP contribution in [0.3, 0.4) is 0 Å². The number of rotatable bonds is 6. The van der Waals surface area contributed by atoms with Gasteiger partial charge in [-0.15, -0.1) is 0 Å². The molecule has 1 aliphatic rings. The number of piperazine rings is 1. The van der Waals surface area contributed by atoms with Crippen LogP contribution in [0.5, 0.6) is 0 Å². The molecule has 4 aromatic rings. The number of amides is 1. The first-order chi connectivity index (χ1) is 17.2. The summed E-state index contributed by atoms with van der Waals surface area (Å²) in [7, 11) is 0. The van der Waals surface area contributed by atoms with E-state index >= 15 is 0 Å². The molecule has 7 nitrogen and oxygen atoms in total. The van der Waals surface area contributed by atoms with Crippen LogP contribution in [0.25, 0.3) is 11.2 Å². The highest BCUT2D eigenvalue weighted by atomic mass is 16.2. The van der Waals surface area contributed by atoms with Crippen LogP contribution >= 0.6 is 0 Å². The lowest BCUT2D eigenvalue weighted by molar-refractivity contribution is -0.133. The third-order valence-electron chi connectivity index (χ3n) is 6.67. The van der Waals surface area contributed by atoms with Crippen molar-refractivity contribution in [1.29, 1.82) is 0 Å². The summed E-state index contributed by atoms with van der Waals surface area (Å²) < 4.78 is 1.70. The quantitative estimate of drug-likeness (QED) is 0.433. The molecule has 5 rings (SSSR count). The number of carbonyl (C=O) groups excluding carboxylic acids is 1. The van der Waals surface area contributed by atoms with E-state index in [0.717, 1.165) is 17.5 Å². The SMILES string of the molecule is CC[C@@H](C(=O)N1CCN(c2nc3cccnc3n(Cc3ccccc3)c2=O)CC1)c1ccccc1. The maximum atomic E-state index is 13.6. The summed E-state index contributed by atoms with van der Waals surface area (Å²) in [5.41, 5.74) is 3.19. The number of pyridine rings is 1. The van der Waals surface area contributed by atoms with Crippen LogP contribution in [0.1, 0.15) is 30.4 Å². The van der Waals surface area contributed by atoms with E-state index in [1.165, 1.54) is 0 Å². The van der Waals surface area contributed by atoms with Crippen molar-refractivity contribution in [2.24, 2.45) is 0 Å². The van der Waals surface area contributed by atoms with Gasteiger partial charge in [-0.25, -0.2) is 9.97 Å². The number of hydrogen-bond donors (Lipinski definition) is 0. The van der Waals surface area contributed by atoms with E-state index in [0.29, 0.717) is 49.7 Å². The topological polar surface area (TPSA) is 71.3 Å². The molecule has 1 aliphatic heterocycles. The summed E-state index contributed by atoms with van der Waals surface area (Å²) in [5, 5.41) is 0. The smallest absolute Gasteiger partial charge is 0.295 e. The first kappa shape index (κ1) is 22.8. The van der Waals surface area contributed by atoms with Gasteiger partial charge in [0.2, 0.25) is 5.91 Å². The fourth-order valence-electron chi connectivity index (χ4n) is 4.78. The summed E-state index contributed by atoms with van der Waals surface area (Å²) in [6.07, 6.45) is 2.44. The van der Waals surface area contributed by atoms with Crippen molar-refractivity contribution >= 4 is 22.9 Å². The molecule has 0 spiro atoms. The second kappa shape index (κ2) is 10.1. The highest BCUT2D eigenvalue weighted by Gasteiger charge is 2.29. The summed E-state index contributed by atoms with van der Waals surface area (Å²) >= 11 is 0. The summed E-state index contributed by atoms with van der Waals surface area (Å²) in [6, 6.07) is 23.6. The zero-order chi connectivity index (χ0) is 24.2. The van der Waals surface area contributed by atoms with Gasteiger partial charge in [0.1, 0.15) is 5.52 Å². The molecule has 178 valence electrons. The molecule has 0 aliphatic carbocycles. The maximum absolute atomic E-state index is 13.6. The fourth-order valence-corrected chi connectivity index (χ4v) is 4.78. The second-order valence-electron chi connectivity index (χ2n) is 8.84. The Morgan fingerprint density at radius 1 is 0.914 bits per heavy atom. The van der Waals surface area contributed by atoms with E-state index < -0.39 is 0 Å². The molecule has 1 amide bonds. The summed E-state index contributed by atoms with van der Waals surface area (Å²) in [6.45, 7) is 4.73. The predicted octanol–water partition coefficient (Wildman–Crippen LogP) is 3.68. The van der Waals surface area contributed by atoms with Crippen molar-refractivity contribution < 1.29 is 4.79 Å². The highest BCUT2D eigenvalue weighted by molar-refractivity contribution is 5.84. The zero-order valence-corrected chi connectivity index (χ0v) is 19.9. The minimum Gasteiger partial charge on any atom is -0.348 e. The normalized spacial score (nSPS) is 14.8. The average molecular weight is 468 g/mol. The molecule has 1 saturated heterocycles. The van der Waals surface area contributed by atoms with Gasteiger partial charge in [0.05, 0.1) is 12.5 Å². The van der Waals surface area contributed by atoms with E-state index in [4.69, 9.17) is 4.98 Å². The van der Waals surface area contributed by atoms with Gasteiger partial charge in [-0.1, -0.05) is 67.6 Å². The lowest BCUT2D eigenvalue weighted by atomic mass is 9.95. The van der Waals surface area contributed by atoms with E-state index in [9.17, 15) is 9.59 Å². The number of fused-ring (bicyclic) bond motifs is 1. The minimum atomic E-state index is -0.157. The molecule has 0 saturated carbocycles. The monoisotopic (exact) mass is 467 g/mol. The van der Waals surface area contributed by atoms with Gasteiger partial charge in [0, 0.05) is 32.4 Å². The van der Waals surface area contributed by atoms with Crippen LogP contribution in [-0.4, -0.2) is 51.5 Å². The van der Waals surface area contributed by atoms with Gasteiger partial charge in [0.15, 0.2) is 11.5 Å². The first-order valence-electron chi connectivity index (χ1n) is 12.1. The fraction of sp³-hybridized carbons (Fsp3) is 0.286. The molecule has 1 fully saturated rings. The Morgan fingerprint density at radius 2 is 1.60 bits per heavy atom. The number of anilines is 1. The molecular formula is C28H29N5O2. The number of nitrogens with zero attached hydrogens (tertiary/aromatic N) is 5. The number of benzene rings is 2. The van der Waals surface area contributed by atoms with E-state index in [-0.39, 0.29) is 17.4 Å². The number of hydrogen-bond acceptors (Lipinski definition) is 5. The molecule has 0 N–H and O–H groups in total. The van der Waals surface area contributed by atoms with Crippen molar-refractivity contribution in [2.45, 2.75) is 25.8 Å². The van der Waals surface area contributed by atoms with Crippen molar-refractivity contribution in [3.8, 4) is 0 Å². The van der Waals surface area contributed by atoms with Crippen LogP contribution in [-0.2, 0) is 11.3 Å². The molecule has 1 atom stereocenters. The van der Waals surface area contributed by atoms with Crippen molar-refractivity contribution in [3.05, 3.63) is 100 Å². The van der Waals surface area contributed by atoms with Crippen molar-refractivity contribution in [1.82, 2.24) is 19.4 Å². The molecule has 0 bridgehead atoms. The standard InChI is InChI=1S/C28H29N5O2/c1-2-23(22-12-7-4-8-13-22)27(34)32-18-16-31(17-19-32)26-28(35)33(20-21-10-5-3-6-11-21)25-24(30-26)14-9-15-29-25/h3-15,23H,2,16-20H2,1H3/t23-/m1/s1. The summed E-state index contributed by atoms with van der Waals surface area (Å²) in [4.78, 5) is 39.9. The molecule has 0 radical (unpaired) electrons. The van der Waals surface area contributed by atoms with Crippen molar-refractivity contribution in [3.63, 3.8) is 0 Å². The Bertz CT molecular complexity index is 1360. The van der Waals surface area contributed by atoms with Crippen LogP contribution in [0, 0.1) is 0 Å². The van der Waals surface area contributed by atoms with Gasteiger partial charge in [-0.2, -0.15) is 0 Å². The Balaban J connectivity index is 1.39. The van der Waals surface area contributed by atoms with Crippen LogP contribution in [0.2, 0.25) is 0 Å². The van der Waals surface area contributed by atoms with Gasteiger partial charge in [-0.05, 0) is 29.7 Å². The molecule has 35 heavy (non-hydrogen) atoms.